The van der Waals surface area contributed by atoms with Crippen LogP contribution < -0.4 is 5.56 Å². The number of ether oxygens (including phenoxy) is 1. The lowest BCUT2D eigenvalue weighted by molar-refractivity contribution is -0.0394. The molecule has 0 saturated carbocycles. The number of hydrogen-bond acceptors (Lipinski definition) is 5. The molecular formula is C21H25N7O2. The third kappa shape index (κ3) is 3.06. The summed E-state index contributed by atoms with van der Waals surface area (Å²) in [5.41, 5.74) is 2.62. The van der Waals surface area contributed by atoms with E-state index in [1.54, 1.807) is 21.5 Å². The molecule has 156 valence electrons. The van der Waals surface area contributed by atoms with Crippen LogP contribution in [0.2, 0.25) is 0 Å². The van der Waals surface area contributed by atoms with E-state index in [4.69, 9.17) is 9.84 Å². The maximum Gasteiger partial charge on any atom is 0.297 e. The predicted octanol–water partition coefficient (Wildman–Crippen LogP) is 3.04. The lowest BCUT2D eigenvalue weighted by atomic mass is 10.2. The Morgan fingerprint density at radius 3 is 2.73 bits per heavy atom. The van der Waals surface area contributed by atoms with Gasteiger partial charge in [-0.1, -0.05) is 0 Å². The molecule has 0 N–H and O–H groups in total. The van der Waals surface area contributed by atoms with E-state index < -0.39 is 0 Å². The van der Waals surface area contributed by atoms with E-state index >= 15 is 0 Å². The summed E-state index contributed by atoms with van der Waals surface area (Å²) in [7, 11) is 1.95. The summed E-state index contributed by atoms with van der Waals surface area (Å²) in [5.74, 6) is 0.616. The fraction of sp³-hybridized carbons (Fsp3) is 0.429. The molecule has 1 fully saturated rings. The van der Waals surface area contributed by atoms with Crippen LogP contribution in [0.1, 0.15) is 45.4 Å². The maximum atomic E-state index is 13.3. The molecule has 1 unspecified atom stereocenters. The molecule has 1 aliphatic rings. The van der Waals surface area contributed by atoms with E-state index in [1.165, 1.54) is 0 Å². The molecule has 0 amide bonds. The Morgan fingerprint density at radius 2 is 2.03 bits per heavy atom. The van der Waals surface area contributed by atoms with E-state index in [2.05, 4.69) is 10.1 Å². The van der Waals surface area contributed by atoms with Crippen molar-refractivity contribution in [2.75, 3.05) is 6.61 Å². The molecule has 30 heavy (non-hydrogen) atoms. The van der Waals surface area contributed by atoms with Crippen LogP contribution in [0.15, 0.2) is 41.8 Å². The first-order valence-corrected chi connectivity index (χ1v) is 10.3. The number of imidazole rings is 1. The van der Waals surface area contributed by atoms with Gasteiger partial charge in [0.2, 0.25) is 5.65 Å². The lowest BCUT2D eigenvalue weighted by Crippen LogP contribution is -2.27. The first kappa shape index (κ1) is 18.8. The van der Waals surface area contributed by atoms with Gasteiger partial charge in [0.25, 0.3) is 5.56 Å². The summed E-state index contributed by atoms with van der Waals surface area (Å²) in [4.78, 5) is 17.7. The summed E-state index contributed by atoms with van der Waals surface area (Å²) >= 11 is 0. The zero-order valence-electron chi connectivity index (χ0n) is 17.4. The summed E-state index contributed by atoms with van der Waals surface area (Å²) in [5, 5.41) is 9.33. The van der Waals surface area contributed by atoms with E-state index in [0.29, 0.717) is 11.5 Å². The molecule has 0 aliphatic carbocycles. The van der Waals surface area contributed by atoms with Gasteiger partial charge in [0.1, 0.15) is 6.23 Å². The van der Waals surface area contributed by atoms with Crippen molar-refractivity contribution < 1.29 is 4.74 Å². The molecule has 1 atom stereocenters. The van der Waals surface area contributed by atoms with Crippen LogP contribution in [-0.4, -0.2) is 40.1 Å². The first-order valence-electron chi connectivity index (χ1n) is 10.3. The van der Waals surface area contributed by atoms with E-state index in [1.807, 2.05) is 54.8 Å². The highest BCUT2D eigenvalue weighted by molar-refractivity contribution is 5.63. The quantitative estimate of drug-likeness (QED) is 0.519. The molecule has 9 nitrogen and oxygen atoms in total. The monoisotopic (exact) mass is 407 g/mol. The van der Waals surface area contributed by atoms with Crippen LogP contribution in [-0.2, 0) is 11.8 Å². The largest absolute Gasteiger partial charge is 0.357 e. The highest BCUT2D eigenvalue weighted by Crippen LogP contribution is 2.26. The van der Waals surface area contributed by atoms with Gasteiger partial charge in [-0.05, 0) is 39.2 Å². The molecule has 1 aliphatic heterocycles. The fourth-order valence-corrected chi connectivity index (χ4v) is 4.01. The van der Waals surface area contributed by atoms with Gasteiger partial charge < -0.3 is 9.30 Å². The Bertz CT molecular complexity index is 1250. The van der Waals surface area contributed by atoms with Crippen LogP contribution in [0, 0.1) is 0 Å². The SMILES string of the molecule is CC(C)n1c(-c2ccn(C)c2)nn2c(-c3cnn(C4CCCCO4)c3)cnc2c1=O. The first-order chi connectivity index (χ1) is 14.5. The maximum absolute atomic E-state index is 13.3. The molecule has 4 aromatic heterocycles. The van der Waals surface area contributed by atoms with Crippen molar-refractivity contribution in [2.45, 2.75) is 45.4 Å². The summed E-state index contributed by atoms with van der Waals surface area (Å²) in [6, 6.07) is 1.91. The van der Waals surface area contributed by atoms with Gasteiger partial charge in [-0.15, -0.1) is 5.10 Å². The van der Waals surface area contributed by atoms with Crippen LogP contribution in [0.25, 0.3) is 28.3 Å². The van der Waals surface area contributed by atoms with Crippen molar-refractivity contribution in [3.8, 4) is 22.6 Å². The van der Waals surface area contributed by atoms with Gasteiger partial charge in [0.15, 0.2) is 5.82 Å². The Hall–Kier alpha value is -3.20. The minimum Gasteiger partial charge on any atom is -0.357 e. The smallest absolute Gasteiger partial charge is 0.297 e. The van der Waals surface area contributed by atoms with Gasteiger partial charge in [-0.2, -0.15) is 5.10 Å². The van der Waals surface area contributed by atoms with E-state index in [0.717, 1.165) is 42.7 Å². The highest BCUT2D eigenvalue weighted by Gasteiger charge is 2.21. The normalized spacial score (nSPS) is 17.3. The third-order valence-corrected chi connectivity index (χ3v) is 5.53. The van der Waals surface area contributed by atoms with Crippen molar-refractivity contribution >= 4 is 5.65 Å². The Kier molecular flexibility index (Phi) is 4.54. The lowest BCUT2D eigenvalue weighted by Gasteiger charge is -2.22. The zero-order valence-corrected chi connectivity index (χ0v) is 17.4. The molecule has 5 rings (SSSR count). The fourth-order valence-electron chi connectivity index (χ4n) is 4.01. The van der Waals surface area contributed by atoms with Crippen LogP contribution in [0.4, 0.5) is 0 Å². The predicted molar refractivity (Wildman–Crippen MR) is 112 cm³/mol. The molecule has 9 heteroatoms. The number of fused-ring (bicyclic) bond motifs is 1. The average Bonchev–Trinajstić information content (AvgIpc) is 3.47. The molecule has 4 aromatic rings. The third-order valence-electron chi connectivity index (χ3n) is 5.53. The number of rotatable bonds is 4. The Labute approximate surface area is 173 Å². The second-order valence-electron chi connectivity index (χ2n) is 8.07. The van der Waals surface area contributed by atoms with Gasteiger partial charge in [-0.25, -0.2) is 14.2 Å². The van der Waals surface area contributed by atoms with Crippen molar-refractivity contribution in [3.05, 3.63) is 47.4 Å². The zero-order chi connectivity index (χ0) is 20.8. The summed E-state index contributed by atoms with van der Waals surface area (Å²) < 4.78 is 12.9. The molecular weight excluding hydrogens is 382 g/mol. The second kappa shape index (κ2) is 7.24. The topological polar surface area (TPSA) is 84.2 Å². The van der Waals surface area contributed by atoms with Gasteiger partial charge >= 0.3 is 0 Å². The molecule has 0 spiro atoms. The van der Waals surface area contributed by atoms with Gasteiger partial charge in [0.05, 0.1) is 18.1 Å². The Morgan fingerprint density at radius 1 is 1.17 bits per heavy atom. The molecule has 0 radical (unpaired) electrons. The number of nitrogens with zero attached hydrogens (tertiary/aromatic N) is 7. The van der Waals surface area contributed by atoms with Crippen LogP contribution >= 0.6 is 0 Å². The van der Waals surface area contributed by atoms with Gasteiger partial charge in [0, 0.05) is 49.4 Å². The number of hydrogen-bond donors (Lipinski definition) is 0. The highest BCUT2D eigenvalue weighted by atomic mass is 16.5. The van der Waals surface area contributed by atoms with Crippen LogP contribution in [0.5, 0.6) is 0 Å². The average molecular weight is 407 g/mol. The molecule has 0 aromatic carbocycles. The standard InChI is InChI=1S/C21H25N7O2/c1-14(2)27-19(15-7-8-25(3)12-15)24-28-17(11-22-20(28)21(27)29)16-10-23-26(13-16)18-6-4-5-9-30-18/h7-8,10-14,18H,4-6,9H2,1-3H3. The van der Waals surface area contributed by atoms with Crippen molar-refractivity contribution in [1.82, 2.24) is 33.5 Å². The van der Waals surface area contributed by atoms with E-state index in [-0.39, 0.29) is 17.8 Å². The molecule has 0 bridgehead atoms. The van der Waals surface area contributed by atoms with Crippen molar-refractivity contribution in [2.24, 2.45) is 7.05 Å². The van der Waals surface area contributed by atoms with E-state index in [9.17, 15) is 4.79 Å². The van der Waals surface area contributed by atoms with Gasteiger partial charge in [-0.3, -0.25) is 9.36 Å². The summed E-state index contributed by atoms with van der Waals surface area (Å²) in [6.07, 6.45) is 12.4. The van der Waals surface area contributed by atoms with Crippen LogP contribution in [0.3, 0.4) is 0 Å². The molecule has 5 heterocycles. The Balaban J connectivity index is 1.65. The number of aryl methyl sites for hydroxylation is 1. The minimum absolute atomic E-state index is 0.0438. The second-order valence-corrected chi connectivity index (χ2v) is 8.07. The minimum atomic E-state index is -0.159. The molecule has 1 saturated heterocycles. The van der Waals surface area contributed by atoms with Crippen molar-refractivity contribution in [3.63, 3.8) is 0 Å². The number of aromatic nitrogens is 7. The summed E-state index contributed by atoms with van der Waals surface area (Å²) in [6.45, 7) is 4.71. The van der Waals surface area contributed by atoms with Crippen molar-refractivity contribution in [1.29, 1.82) is 0 Å².